The number of hydrogen-bond donors (Lipinski definition) is 2. The molecule has 0 bridgehead atoms. The Morgan fingerprint density at radius 1 is 1.03 bits per heavy atom. The molecule has 4 amide bonds. The fourth-order valence-electron chi connectivity index (χ4n) is 5.38. The van der Waals surface area contributed by atoms with Crippen molar-refractivity contribution in [1.82, 2.24) is 14.5 Å². The van der Waals surface area contributed by atoms with Gasteiger partial charge in [0.05, 0.1) is 4.90 Å². The fourth-order valence-corrected chi connectivity index (χ4v) is 7.06. The molecule has 0 aliphatic carbocycles. The molecule has 0 radical (unpaired) electrons. The van der Waals surface area contributed by atoms with Gasteiger partial charge in [-0.15, -0.1) is 0 Å². The molecule has 2 aromatic rings. The predicted molar refractivity (Wildman–Crippen MR) is 140 cm³/mol. The van der Waals surface area contributed by atoms with Crippen LogP contribution in [0.2, 0.25) is 0 Å². The number of nitrogens with zero attached hydrogens (tertiary/aromatic N) is 2. The van der Waals surface area contributed by atoms with E-state index in [4.69, 9.17) is 0 Å². The molecule has 3 atom stereocenters. The summed E-state index contributed by atoms with van der Waals surface area (Å²) in [6.07, 6.45) is 2.06. The second kappa shape index (κ2) is 10.6. The van der Waals surface area contributed by atoms with E-state index in [2.05, 4.69) is 10.6 Å². The molecule has 0 aromatic heterocycles. The van der Waals surface area contributed by atoms with Crippen molar-refractivity contribution in [1.29, 1.82) is 0 Å². The number of carbonyl (C=O) groups is 3. The smallest absolute Gasteiger partial charge is 0.325 e. The van der Waals surface area contributed by atoms with Crippen LogP contribution in [0, 0.1) is 11.8 Å². The lowest BCUT2D eigenvalue weighted by atomic mass is 9.85. The van der Waals surface area contributed by atoms with Gasteiger partial charge in [0, 0.05) is 18.8 Å². The summed E-state index contributed by atoms with van der Waals surface area (Å²) >= 11 is 0. The van der Waals surface area contributed by atoms with Crippen molar-refractivity contribution in [3.63, 3.8) is 0 Å². The number of urea groups is 1. The third kappa shape index (κ3) is 5.40. The first kappa shape index (κ1) is 26.8. The van der Waals surface area contributed by atoms with E-state index in [9.17, 15) is 22.8 Å². The maximum absolute atomic E-state index is 13.4. The minimum absolute atomic E-state index is 0.160. The molecule has 4 rings (SSSR count). The van der Waals surface area contributed by atoms with Gasteiger partial charge in [0.15, 0.2) is 0 Å². The summed E-state index contributed by atoms with van der Waals surface area (Å²) in [5, 5.41) is 5.46. The van der Waals surface area contributed by atoms with Gasteiger partial charge in [-0.2, -0.15) is 4.31 Å². The largest absolute Gasteiger partial charge is 0.325 e. The van der Waals surface area contributed by atoms with Crippen molar-refractivity contribution in [2.75, 3.05) is 25.0 Å². The van der Waals surface area contributed by atoms with Crippen molar-refractivity contribution >= 4 is 33.6 Å². The van der Waals surface area contributed by atoms with Crippen molar-refractivity contribution < 1.29 is 22.8 Å². The van der Waals surface area contributed by atoms with Gasteiger partial charge in [0.2, 0.25) is 15.9 Å². The van der Waals surface area contributed by atoms with Crippen molar-refractivity contribution in [2.45, 2.75) is 50.5 Å². The van der Waals surface area contributed by atoms with Crippen LogP contribution >= 0.6 is 0 Å². The number of rotatable bonds is 8. The summed E-state index contributed by atoms with van der Waals surface area (Å²) in [4.78, 5) is 39.9. The van der Waals surface area contributed by atoms with E-state index >= 15 is 0 Å². The first-order valence-corrected chi connectivity index (χ1v) is 14.1. The highest BCUT2D eigenvalue weighted by Gasteiger charge is 2.52. The first-order valence-electron chi connectivity index (χ1n) is 12.7. The summed E-state index contributed by atoms with van der Waals surface area (Å²) in [6, 6.07) is 14.3. The zero-order valence-corrected chi connectivity index (χ0v) is 22.3. The van der Waals surface area contributed by atoms with Crippen molar-refractivity contribution in [2.24, 2.45) is 11.8 Å². The van der Waals surface area contributed by atoms with Gasteiger partial charge in [0.25, 0.3) is 5.91 Å². The highest BCUT2D eigenvalue weighted by atomic mass is 32.2. The average Bonchev–Trinajstić information content (AvgIpc) is 3.09. The van der Waals surface area contributed by atoms with Gasteiger partial charge >= 0.3 is 6.03 Å². The van der Waals surface area contributed by atoms with E-state index in [-0.39, 0.29) is 4.90 Å². The number of sulfonamides is 1. The summed E-state index contributed by atoms with van der Waals surface area (Å²) in [5.41, 5.74) is -0.154. The molecule has 2 heterocycles. The molecular formula is C27H34N4O5S. The molecule has 2 aliphatic rings. The van der Waals surface area contributed by atoms with E-state index in [1.807, 2.05) is 26.8 Å². The van der Waals surface area contributed by atoms with Gasteiger partial charge in [-0.3, -0.25) is 14.5 Å². The summed E-state index contributed by atoms with van der Waals surface area (Å²) in [7, 11) is -3.64. The van der Waals surface area contributed by atoms with Crippen LogP contribution in [0.15, 0.2) is 59.5 Å². The second-order valence-electron chi connectivity index (χ2n) is 10.2. The highest BCUT2D eigenvalue weighted by Crippen LogP contribution is 2.33. The van der Waals surface area contributed by atoms with Crippen molar-refractivity contribution in [3.8, 4) is 0 Å². The summed E-state index contributed by atoms with van der Waals surface area (Å²) in [5.74, 6) is -0.439. The zero-order chi connectivity index (χ0) is 26.8. The quantitative estimate of drug-likeness (QED) is 0.511. The normalized spacial score (nSPS) is 24.7. The molecule has 2 N–H and O–H groups in total. The highest BCUT2D eigenvalue weighted by molar-refractivity contribution is 7.89. The maximum atomic E-state index is 13.4. The van der Waals surface area contributed by atoms with Crippen molar-refractivity contribution in [3.05, 3.63) is 60.2 Å². The van der Waals surface area contributed by atoms with E-state index in [1.54, 1.807) is 24.3 Å². The molecule has 2 saturated heterocycles. The minimum atomic E-state index is -3.64. The number of carbonyl (C=O) groups excluding carboxylic acids is 3. The van der Waals surface area contributed by atoms with E-state index in [1.165, 1.54) is 28.6 Å². The summed E-state index contributed by atoms with van der Waals surface area (Å²) in [6.45, 7) is 6.55. The van der Waals surface area contributed by atoms with Gasteiger partial charge in [-0.25, -0.2) is 13.2 Å². The molecule has 2 fully saturated rings. The molecular weight excluding hydrogens is 492 g/mol. The Labute approximate surface area is 218 Å². The maximum Gasteiger partial charge on any atom is 0.325 e. The van der Waals surface area contributed by atoms with Crippen LogP contribution in [-0.4, -0.2) is 55.1 Å². The number of benzene rings is 2. The minimum Gasteiger partial charge on any atom is -0.325 e. The third-order valence-electron chi connectivity index (χ3n) is 6.98. The fraction of sp³-hybridized carbons (Fsp3) is 0.444. The predicted octanol–water partition coefficient (Wildman–Crippen LogP) is 3.54. The molecule has 0 unspecified atom stereocenters. The van der Waals surface area contributed by atoms with E-state index in [0.29, 0.717) is 49.0 Å². The Hall–Kier alpha value is -3.24. The van der Waals surface area contributed by atoms with Crippen LogP contribution in [0.4, 0.5) is 10.5 Å². The van der Waals surface area contributed by atoms with Crippen LogP contribution in [0.3, 0.4) is 0 Å². The average molecular weight is 527 g/mol. The zero-order valence-electron chi connectivity index (χ0n) is 21.4. The Bertz CT molecular complexity index is 1260. The Kier molecular flexibility index (Phi) is 7.70. The van der Waals surface area contributed by atoms with Crippen LogP contribution in [-0.2, 0) is 25.2 Å². The van der Waals surface area contributed by atoms with Gasteiger partial charge < -0.3 is 10.6 Å². The number of piperidine rings is 1. The lowest BCUT2D eigenvalue weighted by Crippen LogP contribution is -2.44. The SMILES string of the molecule is CCC[C@]1(c2ccccc2)NC(=O)N(CC(=O)Nc2ccc(S(=O)(=O)N3C[C@H](C)C[C@H](C)C3)cc2)C1=O. The van der Waals surface area contributed by atoms with Crippen LogP contribution in [0.5, 0.6) is 0 Å². The Morgan fingerprint density at radius 2 is 1.65 bits per heavy atom. The molecule has 37 heavy (non-hydrogen) atoms. The molecule has 9 nitrogen and oxygen atoms in total. The molecule has 0 saturated carbocycles. The molecule has 0 spiro atoms. The number of hydrogen-bond acceptors (Lipinski definition) is 5. The van der Waals surface area contributed by atoms with Gasteiger partial charge in [0.1, 0.15) is 12.1 Å². The van der Waals surface area contributed by atoms with Gasteiger partial charge in [-0.1, -0.05) is 57.5 Å². The number of anilines is 1. The molecule has 198 valence electrons. The number of amides is 4. The molecule has 2 aromatic carbocycles. The van der Waals surface area contributed by atoms with Crippen LogP contribution < -0.4 is 10.6 Å². The third-order valence-corrected chi connectivity index (χ3v) is 8.83. The number of imide groups is 1. The second-order valence-corrected chi connectivity index (χ2v) is 12.1. The topological polar surface area (TPSA) is 116 Å². The standard InChI is InChI=1S/C27H34N4O5S/c1-4-14-27(21-8-6-5-7-9-21)25(33)31(26(34)29-27)18-24(32)28-22-10-12-23(13-11-22)37(35,36)30-16-19(2)15-20(3)17-30/h5-13,19-20H,4,14-18H2,1-3H3,(H,28,32)(H,29,34)/t19-,20+,27-/m1/s1. The summed E-state index contributed by atoms with van der Waals surface area (Å²) < 4.78 is 27.7. The number of nitrogens with one attached hydrogen (secondary N) is 2. The monoisotopic (exact) mass is 526 g/mol. The Morgan fingerprint density at radius 3 is 2.24 bits per heavy atom. The lowest BCUT2D eigenvalue weighted by Gasteiger charge is -2.34. The first-order chi connectivity index (χ1) is 17.6. The molecule has 10 heteroatoms. The molecule has 2 aliphatic heterocycles. The lowest BCUT2D eigenvalue weighted by molar-refractivity contribution is -0.134. The van der Waals surface area contributed by atoms with Crippen LogP contribution in [0.1, 0.15) is 45.6 Å². The van der Waals surface area contributed by atoms with Crippen LogP contribution in [0.25, 0.3) is 0 Å². The van der Waals surface area contributed by atoms with Gasteiger partial charge in [-0.05, 0) is 54.5 Å². The Balaban J connectivity index is 1.44. The van der Waals surface area contributed by atoms with E-state index < -0.39 is 40.0 Å². The van der Waals surface area contributed by atoms with E-state index in [0.717, 1.165) is 11.3 Å².